The van der Waals surface area contributed by atoms with E-state index >= 15 is 0 Å². The highest BCUT2D eigenvalue weighted by atomic mass is 16.8. The summed E-state index contributed by atoms with van der Waals surface area (Å²) in [5, 5.41) is 11.2. The lowest BCUT2D eigenvalue weighted by atomic mass is 10.1. The van der Waals surface area contributed by atoms with E-state index in [4.69, 9.17) is 18.9 Å². The van der Waals surface area contributed by atoms with E-state index in [2.05, 4.69) is 15.6 Å². The van der Waals surface area contributed by atoms with E-state index in [1.807, 2.05) is 57.0 Å². The maximum atomic E-state index is 12.1. The Morgan fingerprint density at radius 2 is 1.97 bits per heavy atom. The first-order valence-electron chi connectivity index (χ1n) is 11.0. The molecule has 33 heavy (non-hydrogen) atoms. The maximum absolute atomic E-state index is 12.1. The van der Waals surface area contributed by atoms with Crippen LogP contribution in [-0.4, -0.2) is 51.3 Å². The van der Waals surface area contributed by atoms with Crippen molar-refractivity contribution in [2.24, 2.45) is 0 Å². The molecule has 1 saturated carbocycles. The monoisotopic (exact) mass is 451 g/mol. The Bertz CT molecular complexity index is 943. The SMILES string of the molecule is CC1(C)O[C@H]2O[C@H](Cn3cc(CNC(=O)[C]4[CH][CH][CH][CH]4)nn3)[C@H](OCc3ccccc3)[C@H]2O1. The molecule has 5 radical (unpaired) electrons. The highest BCUT2D eigenvalue weighted by Crippen LogP contribution is 2.39. The summed E-state index contributed by atoms with van der Waals surface area (Å²) in [4.78, 5) is 12.1. The number of nitrogens with one attached hydrogen (secondary N) is 1. The number of ether oxygens (including phenoxy) is 4. The van der Waals surface area contributed by atoms with E-state index in [-0.39, 0.29) is 30.8 Å². The molecule has 1 aliphatic carbocycles. The first kappa shape index (κ1) is 22.5. The summed E-state index contributed by atoms with van der Waals surface area (Å²) < 4.78 is 26.1. The van der Waals surface area contributed by atoms with E-state index in [0.717, 1.165) is 5.56 Å². The van der Waals surface area contributed by atoms with Crippen LogP contribution in [0.4, 0.5) is 0 Å². The lowest BCUT2D eigenvalue weighted by Gasteiger charge is -2.26. The topological polar surface area (TPSA) is 96.7 Å². The Labute approximate surface area is 193 Å². The number of carbonyl (C=O) groups is 1. The maximum Gasteiger partial charge on any atom is 0.228 e. The summed E-state index contributed by atoms with van der Waals surface area (Å²) in [6.07, 6.45) is 7.49. The Kier molecular flexibility index (Phi) is 6.47. The van der Waals surface area contributed by atoms with Gasteiger partial charge in [0.25, 0.3) is 0 Å². The van der Waals surface area contributed by atoms with E-state index in [9.17, 15) is 4.79 Å². The lowest BCUT2D eigenvalue weighted by Crippen LogP contribution is -2.38. The molecule has 0 unspecified atom stereocenters. The number of benzene rings is 1. The average molecular weight is 452 g/mol. The van der Waals surface area contributed by atoms with E-state index in [1.54, 1.807) is 23.7 Å². The number of rotatable bonds is 8. The fourth-order valence-corrected chi connectivity index (χ4v) is 4.15. The number of nitrogens with zero attached hydrogens (tertiary/aromatic N) is 3. The van der Waals surface area contributed by atoms with Crippen LogP contribution in [0.25, 0.3) is 0 Å². The molecule has 1 N–H and O–H groups in total. The third kappa shape index (κ3) is 5.27. The molecular weight excluding hydrogens is 424 g/mol. The fourth-order valence-electron chi connectivity index (χ4n) is 4.15. The van der Waals surface area contributed by atoms with E-state index in [0.29, 0.717) is 24.8 Å². The van der Waals surface area contributed by atoms with Gasteiger partial charge in [-0.25, -0.2) is 4.68 Å². The largest absolute Gasteiger partial charge is 0.368 e. The first-order chi connectivity index (χ1) is 16.0. The van der Waals surface area contributed by atoms with Crippen molar-refractivity contribution in [2.75, 3.05) is 0 Å². The third-order valence-electron chi connectivity index (χ3n) is 5.68. The van der Waals surface area contributed by atoms with Crippen molar-refractivity contribution < 1.29 is 23.7 Å². The van der Waals surface area contributed by atoms with Gasteiger partial charge in [-0.05, 0) is 45.1 Å². The second kappa shape index (κ2) is 9.50. The van der Waals surface area contributed by atoms with Gasteiger partial charge in [-0.2, -0.15) is 0 Å². The van der Waals surface area contributed by atoms with Gasteiger partial charge < -0.3 is 24.3 Å². The average Bonchev–Trinajstić information content (AvgIpc) is 3.57. The van der Waals surface area contributed by atoms with Crippen molar-refractivity contribution in [2.45, 2.75) is 63.9 Å². The van der Waals surface area contributed by atoms with E-state index in [1.165, 1.54) is 0 Å². The van der Waals surface area contributed by atoms with Gasteiger partial charge in [0.05, 0.1) is 31.8 Å². The van der Waals surface area contributed by atoms with Crippen molar-refractivity contribution in [3.8, 4) is 0 Å². The Morgan fingerprint density at radius 1 is 1.18 bits per heavy atom. The minimum absolute atomic E-state index is 0.146. The van der Waals surface area contributed by atoms with Crippen molar-refractivity contribution in [3.63, 3.8) is 0 Å². The molecular formula is C24H27N4O5. The number of amides is 1. The summed E-state index contributed by atoms with van der Waals surface area (Å²) in [5.74, 6) is -0.253. The summed E-state index contributed by atoms with van der Waals surface area (Å²) in [6.45, 7) is 4.88. The van der Waals surface area contributed by atoms with E-state index < -0.39 is 12.1 Å². The molecule has 4 atom stereocenters. The molecule has 9 nitrogen and oxygen atoms in total. The molecule has 2 saturated heterocycles. The van der Waals surface area contributed by atoms with Crippen molar-refractivity contribution in [1.29, 1.82) is 0 Å². The summed E-state index contributed by atoms with van der Waals surface area (Å²) in [6, 6.07) is 9.98. The van der Waals surface area contributed by atoms with Crippen molar-refractivity contribution in [3.05, 3.63) is 79.4 Å². The van der Waals surface area contributed by atoms with Crippen LogP contribution in [0.3, 0.4) is 0 Å². The predicted molar refractivity (Wildman–Crippen MR) is 116 cm³/mol. The molecule has 5 rings (SSSR count). The molecule has 0 bridgehead atoms. The van der Waals surface area contributed by atoms with Gasteiger partial charge in [-0.1, -0.05) is 35.5 Å². The van der Waals surface area contributed by atoms with Gasteiger partial charge >= 0.3 is 0 Å². The molecule has 3 fully saturated rings. The van der Waals surface area contributed by atoms with Crippen LogP contribution in [0.2, 0.25) is 0 Å². The van der Waals surface area contributed by atoms with Crippen LogP contribution in [-0.2, 0) is 43.4 Å². The summed E-state index contributed by atoms with van der Waals surface area (Å²) in [7, 11) is 0. The zero-order chi connectivity index (χ0) is 22.8. The van der Waals surface area contributed by atoms with Crippen LogP contribution in [0.5, 0.6) is 0 Å². The summed E-state index contributed by atoms with van der Waals surface area (Å²) >= 11 is 0. The molecule has 2 aromatic rings. The molecule has 0 spiro atoms. The predicted octanol–water partition coefficient (Wildman–Crippen LogP) is 1.76. The molecule has 3 heterocycles. The normalized spacial score (nSPS) is 28.8. The van der Waals surface area contributed by atoms with Gasteiger partial charge in [0.2, 0.25) is 5.91 Å². The quantitative estimate of drug-likeness (QED) is 0.653. The number of fused-ring (bicyclic) bond motifs is 1. The molecule has 173 valence electrons. The molecule has 1 aromatic heterocycles. The fraction of sp³-hybridized carbons (Fsp3) is 0.417. The minimum Gasteiger partial charge on any atom is -0.368 e. The third-order valence-corrected chi connectivity index (χ3v) is 5.68. The minimum atomic E-state index is -0.727. The Balaban J connectivity index is 1.20. The van der Waals surface area contributed by atoms with Crippen LogP contribution in [0.1, 0.15) is 25.1 Å². The van der Waals surface area contributed by atoms with Gasteiger partial charge in [0.1, 0.15) is 24.0 Å². The molecule has 2 aliphatic heterocycles. The van der Waals surface area contributed by atoms with Gasteiger partial charge in [-0.3, -0.25) is 4.79 Å². The Hall–Kier alpha value is -2.33. The number of hydrogen-bond donors (Lipinski definition) is 1. The smallest absolute Gasteiger partial charge is 0.228 e. The van der Waals surface area contributed by atoms with Crippen LogP contribution < -0.4 is 5.32 Å². The highest BCUT2D eigenvalue weighted by molar-refractivity contribution is 5.95. The van der Waals surface area contributed by atoms with Crippen LogP contribution in [0.15, 0.2) is 36.5 Å². The van der Waals surface area contributed by atoms with Gasteiger partial charge in [0.15, 0.2) is 12.1 Å². The lowest BCUT2D eigenvalue weighted by molar-refractivity contribution is -0.220. The summed E-state index contributed by atoms with van der Waals surface area (Å²) in [5.41, 5.74) is 1.73. The molecule has 3 aliphatic rings. The van der Waals surface area contributed by atoms with Crippen LogP contribution in [0, 0.1) is 31.6 Å². The second-order valence-electron chi connectivity index (χ2n) is 8.69. The number of hydrogen-bond acceptors (Lipinski definition) is 7. The number of carbonyl (C=O) groups excluding carboxylic acids is 1. The van der Waals surface area contributed by atoms with Crippen LogP contribution >= 0.6 is 0 Å². The number of aromatic nitrogens is 3. The zero-order valence-electron chi connectivity index (χ0n) is 18.6. The van der Waals surface area contributed by atoms with Crippen molar-refractivity contribution in [1.82, 2.24) is 20.3 Å². The van der Waals surface area contributed by atoms with Gasteiger partial charge in [0, 0.05) is 0 Å². The molecule has 1 amide bonds. The molecule has 9 heteroatoms. The Morgan fingerprint density at radius 3 is 2.76 bits per heavy atom. The van der Waals surface area contributed by atoms with Gasteiger partial charge in [-0.15, -0.1) is 5.10 Å². The standard InChI is InChI=1S/C24H27N4O5/c1-24(2)32-21-20(30-15-16-8-4-3-5-9-16)19(31-23(21)33-24)14-28-13-18(26-27-28)12-25-22(29)17-10-6-7-11-17/h3-11,13,19-21,23H,12,14-15H2,1-2H3,(H,25,29)/t19-,20+,21-,23-/m1/s1. The van der Waals surface area contributed by atoms with Crippen molar-refractivity contribution >= 4 is 5.91 Å². The zero-order valence-corrected chi connectivity index (χ0v) is 18.6. The molecule has 1 aromatic carbocycles. The second-order valence-corrected chi connectivity index (χ2v) is 8.69. The highest BCUT2D eigenvalue weighted by Gasteiger charge is 2.55. The first-order valence-corrected chi connectivity index (χ1v) is 11.0.